The minimum absolute atomic E-state index is 0.594. The number of allylic oxidation sites excluding steroid dienone is 10. The van der Waals surface area contributed by atoms with Gasteiger partial charge < -0.3 is 0 Å². The molecule has 1 atom stereocenters. The van der Waals surface area contributed by atoms with Crippen molar-refractivity contribution >= 4 is 60.4 Å². The van der Waals surface area contributed by atoms with E-state index in [1.54, 1.807) is 6.20 Å². The van der Waals surface area contributed by atoms with Gasteiger partial charge in [-0.25, -0.2) is 0 Å². The number of thiophene rings is 1. The van der Waals surface area contributed by atoms with Crippen LogP contribution in [0.25, 0.3) is 93.7 Å². The van der Waals surface area contributed by atoms with Crippen LogP contribution >= 0.6 is 11.3 Å². The van der Waals surface area contributed by atoms with Crippen LogP contribution in [0.1, 0.15) is 27.8 Å². The molecule has 288 valence electrons. The predicted molar refractivity (Wildman–Crippen MR) is 259 cm³/mol. The Morgan fingerprint density at radius 1 is 0.435 bits per heavy atom. The first-order valence-corrected chi connectivity index (χ1v) is 21.9. The normalized spacial score (nSPS) is 16.9. The highest BCUT2D eigenvalue weighted by atomic mass is 32.1. The molecule has 0 N–H and O–H groups in total. The third-order valence-electron chi connectivity index (χ3n) is 13.2. The van der Waals surface area contributed by atoms with E-state index in [4.69, 9.17) is 5.10 Å². The number of hydrogen-bond acceptors (Lipinski definition) is 4. The van der Waals surface area contributed by atoms with E-state index in [0.717, 1.165) is 39.1 Å². The fourth-order valence-corrected chi connectivity index (χ4v) is 11.7. The number of benzene rings is 7. The highest BCUT2D eigenvalue weighted by Crippen LogP contribution is 2.65. The summed E-state index contributed by atoms with van der Waals surface area (Å²) in [5, 5.41) is 15.8. The smallest absolute Gasteiger partial charge is 0.0976 e. The van der Waals surface area contributed by atoms with Crippen molar-refractivity contribution in [2.75, 3.05) is 0 Å². The maximum absolute atomic E-state index is 4.83. The van der Waals surface area contributed by atoms with Crippen LogP contribution in [0.2, 0.25) is 0 Å². The summed E-state index contributed by atoms with van der Waals surface area (Å²) >= 11 is 1.85. The molecule has 1 unspecified atom stereocenters. The van der Waals surface area contributed by atoms with Crippen molar-refractivity contribution in [1.29, 1.82) is 0 Å². The van der Waals surface area contributed by atoms with E-state index in [1.807, 2.05) is 17.4 Å². The summed E-state index contributed by atoms with van der Waals surface area (Å²) in [6.07, 6.45) is 18.5. The molecule has 2 heterocycles. The van der Waals surface area contributed by atoms with Crippen LogP contribution in [0, 0.1) is 5.41 Å². The molecular formula is C58H35N3S. The molecule has 4 aliphatic carbocycles. The van der Waals surface area contributed by atoms with Crippen molar-refractivity contribution in [2.45, 2.75) is 0 Å². The maximum Gasteiger partial charge on any atom is 0.0976 e. The standard InChI is InChI=1S/C58H35N3S/c1-3-14-36(15-4-1)42-25-26-47(56(51-31-33-59-61-60-51)54(42)37-16-5-2-6-17-37)55-45(28-30-53-57(55)46-22-11-12-24-52(46)62-53)48-29-27-44-41-21-10-8-19-39(41)35-50(44)58(48)32-13-23-43-40-20-9-7-18-38(40)34-49(43)58/h1-35H. The molecule has 4 aliphatic rings. The van der Waals surface area contributed by atoms with Crippen LogP contribution in [0.3, 0.4) is 0 Å². The lowest BCUT2D eigenvalue weighted by molar-refractivity contribution is 0.779. The van der Waals surface area contributed by atoms with Crippen molar-refractivity contribution in [3.8, 4) is 44.6 Å². The Bertz CT molecular complexity index is 3530. The molecule has 4 heteroatoms. The number of fused-ring (bicyclic) bond motifs is 11. The van der Waals surface area contributed by atoms with E-state index in [9.17, 15) is 0 Å². The molecule has 0 radical (unpaired) electrons. The van der Waals surface area contributed by atoms with E-state index >= 15 is 0 Å². The lowest BCUT2D eigenvalue weighted by Crippen LogP contribution is -2.29. The largest absolute Gasteiger partial charge is 0.139 e. The summed E-state index contributed by atoms with van der Waals surface area (Å²) in [6, 6.07) is 59.4. The summed E-state index contributed by atoms with van der Waals surface area (Å²) in [6.45, 7) is 0. The van der Waals surface area contributed by atoms with Gasteiger partial charge in [-0.2, -0.15) is 0 Å². The molecule has 9 aromatic rings. The third kappa shape index (κ3) is 5.02. The van der Waals surface area contributed by atoms with Gasteiger partial charge in [0, 0.05) is 25.7 Å². The molecule has 0 amide bonds. The molecule has 0 bridgehead atoms. The molecule has 13 rings (SSSR count). The van der Waals surface area contributed by atoms with E-state index < -0.39 is 5.41 Å². The summed E-state index contributed by atoms with van der Waals surface area (Å²) in [5.74, 6) is 0. The average Bonchev–Trinajstić information content (AvgIpc) is 4.05. The first kappa shape index (κ1) is 35.0. The fraction of sp³-hybridized carbons (Fsp3) is 0.0172. The third-order valence-corrected chi connectivity index (χ3v) is 14.3. The summed E-state index contributed by atoms with van der Waals surface area (Å²) in [7, 11) is 0. The van der Waals surface area contributed by atoms with Crippen molar-refractivity contribution in [3.05, 3.63) is 239 Å². The molecule has 62 heavy (non-hydrogen) atoms. The van der Waals surface area contributed by atoms with Gasteiger partial charge >= 0.3 is 0 Å². The Morgan fingerprint density at radius 2 is 1.08 bits per heavy atom. The van der Waals surface area contributed by atoms with Crippen LogP contribution in [-0.2, 0) is 0 Å². The highest BCUT2D eigenvalue weighted by Gasteiger charge is 2.49. The van der Waals surface area contributed by atoms with E-state index in [0.29, 0.717) is 0 Å². The summed E-state index contributed by atoms with van der Waals surface area (Å²) in [4.78, 5) is 0. The Kier molecular flexibility index (Phi) is 7.69. The molecule has 2 aromatic heterocycles. The Morgan fingerprint density at radius 3 is 1.82 bits per heavy atom. The topological polar surface area (TPSA) is 38.7 Å². The van der Waals surface area contributed by atoms with Crippen molar-refractivity contribution in [3.63, 3.8) is 0 Å². The van der Waals surface area contributed by atoms with Gasteiger partial charge in [0.05, 0.1) is 17.3 Å². The summed E-state index contributed by atoms with van der Waals surface area (Å²) in [5.41, 5.74) is 20.6. The van der Waals surface area contributed by atoms with Crippen LogP contribution in [0.15, 0.2) is 212 Å². The van der Waals surface area contributed by atoms with Gasteiger partial charge in [-0.05, 0) is 125 Å². The van der Waals surface area contributed by atoms with Crippen LogP contribution < -0.4 is 0 Å². The fourth-order valence-electron chi connectivity index (χ4n) is 10.6. The number of aromatic nitrogens is 3. The SMILES string of the molecule is C1=CC2(C3=Cc4ccccc4C3=C1)C1=Cc3ccccc3C1=CC=C2c1ccc2sc3ccccc3c2c1-c1ccc(-c2ccccc2)c(-c2ccccc2)c1-c1ccnnn1. The second-order valence-corrected chi connectivity index (χ2v) is 17.4. The van der Waals surface area contributed by atoms with Gasteiger partial charge in [-0.3, -0.25) is 0 Å². The van der Waals surface area contributed by atoms with Crippen LogP contribution in [0.4, 0.5) is 0 Å². The second-order valence-electron chi connectivity index (χ2n) is 16.3. The second kappa shape index (κ2) is 13.6. The monoisotopic (exact) mass is 805 g/mol. The molecule has 7 aromatic carbocycles. The quantitative estimate of drug-likeness (QED) is 0.174. The maximum atomic E-state index is 4.83. The minimum Gasteiger partial charge on any atom is -0.139 e. The Labute approximate surface area is 363 Å². The lowest BCUT2D eigenvalue weighted by atomic mass is 9.59. The van der Waals surface area contributed by atoms with E-state index in [-0.39, 0.29) is 0 Å². The lowest BCUT2D eigenvalue weighted by Gasteiger charge is -2.42. The highest BCUT2D eigenvalue weighted by molar-refractivity contribution is 7.26. The van der Waals surface area contributed by atoms with Crippen molar-refractivity contribution in [2.24, 2.45) is 5.41 Å². The zero-order chi connectivity index (χ0) is 40.8. The average molecular weight is 806 g/mol. The molecule has 0 saturated heterocycles. The van der Waals surface area contributed by atoms with E-state index in [2.05, 4.69) is 211 Å². The minimum atomic E-state index is -0.594. The number of hydrogen-bond donors (Lipinski definition) is 0. The zero-order valence-corrected chi connectivity index (χ0v) is 34.3. The zero-order valence-electron chi connectivity index (χ0n) is 33.5. The van der Waals surface area contributed by atoms with E-state index in [1.165, 1.54) is 81.4 Å². The Balaban J connectivity index is 1.18. The van der Waals surface area contributed by atoms with Gasteiger partial charge in [-0.15, -0.1) is 21.5 Å². The van der Waals surface area contributed by atoms with Gasteiger partial charge in [-0.1, -0.05) is 176 Å². The molecule has 0 saturated carbocycles. The van der Waals surface area contributed by atoms with Crippen molar-refractivity contribution in [1.82, 2.24) is 15.4 Å². The predicted octanol–water partition coefficient (Wildman–Crippen LogP) is 14.8. The Hall–Kier alpha value is -7.79. The molecule has 1 spiro atoms. The van der Waals surface area contributed by atoms with Gasteiger partial charge in [0.25, 0.3) is 0 Å². The number of rotatable bonds is 5. The molecule has 3 nitrogen and oxygen atoms in total. The first-order chi connectivity index (χ1) is 30.8. The summed E-state index contributed by atoms with van der Waals surface area (Å²) < 4.78 is 2.50. The van der Waals surface area contributed by atoms with Crippen molar-refractivity contribution < 1.29 is 0 Å². The van der Waals surface area contributed by atoms with Gasteiger partial charge in [0.15, 0.2) is 0 Å². The van der Waals surface area contributed by atoms with Crippen LogP contribution in [-0.4, -0.2) is 15.4 Å². The molecule has 0 fully saturated rings. The number of nitrogens with zero attached hydrogens (tertiary/aromatic N) is 3. The van der Waals surface area contributed by atoms with Gasteiger partial charge in [0.1, 0.15) is 0 Å². The first-order valence-electron chi connectivity index (χ1n) is 21.1. The molecule has 0 aliphatic heterocycles. The van der Waals surface area contributed by atoms with Crippen LogP contribution in [0.5, 0.6) is 0 Å². The van der Waals surface area contributed by atoms with Gasteiger partial charge in [0.2, 0.25) is 0 Å². The molecular weight excluding hydrogens is 771 g/mol.